The quantitative estimate of drug-likeness (QED) is 0.790. The summed E-state index contributed by atoms with van der Waals surface area (Å²) in [4.78, 5) is 11.9. The van der Waals surface area contributed by atoms with Gasteiger partial charge in [-0.15, -0.1) is 0 Å². The van der Waals surface area contributed by atoms with Crippen molar-refractivity contribution in [3.05, 3.63) is 29.8 Å². The van der Waals surface area contributed by atoms with Crippen LogP contribution in [0.5, 0.6) is 0 Å². The number of hydrogen-bond donors (Lipinski definition) is 2. The fourth-order valence-electron chi connectivity index (χ4n) is 1.96. The summed E-state index contributed by atoms with van der Waals surface area (Å²) in [5, 5.41) is 2.86. The zero-order valence-corrected chi connectivity index (χ0v) is 10.8. The number of benzene rings is 1. The molecule has 1 fully saturated rings. The minimum Gasteiger partial charge on any atom is -0.368 e. The largest absolute Gasteiger partial charge is 0.368 e. The smallest absolute Gasteiger partial charge is 0.253 e. The summed E-state index contributed by atoms with van der Waals surface area (Å²) in [6.07, 6.45) is 2.57. The molecule has 2 rings (SSSR count). The van der Waals surface area contributed by atoms with Crippen molar-refractivity contribution in [2.75, 3.05) is 18.5 Å². The van der Waals surface area contributed by atoms with Crippen molar-refractivity contribution in [3.63, 3.8) is 0 Å². The summed E-state index contributed by atoms with van der Waals surface area (Å²) in [6, 6.07) is 7.39. The summed E-state index contributed by atoms with van der Waals surface area (Å²) in [7, 11) is 0. The van der Waals surface area contributed by atoms with Gasteiger partial charge in [0.15, 0.2) is 0 Å². The molecule has 0 saturated carbocycles. The minimum atomic E-state index is -0.314. The van der Waals surface area contributed by atoms with E-state index >= 15 is 0 Å². The average molecular weight is 258 g/mol. The Labute approximate surface area is 113 Å². The third-order valence-corrected chi connectivity index (χ3v) is 2.96. The van der Waals surface area contributed by atoms with Crippen molar-refractivity contribution in [1.82, 2.24) is 0 Å². The van der Waals surface area contributed by atoms with Crippen molar-refractivity contribution in [2.45, 2.75) is 25.4 Å². The van der Waals surface area contributed by atoms with Crippen LogP contribution >= 0.6 is 0 Å². The number of carbonyl (C=O) groups is 1. The Kier molecular flexibility index (Phi) is 4.96. The highest BCUT2D eigenvalue weighted by Crippen LogP contribution is 2.15. The molecule has 1 atom stereocenters. The summed E-state index contributed by atoms with van der Waals surface area (Å²) in [6.45, 7) is 1.02. The zero-order valence-electron chi connectivity index (χ0n) is 10.8. The molecule has 1 aliphatic heterocycles. The van der Waals surface area contributed by atoms with Crippen LogP contribution in [0, 0.1) is 11.8 Å². The highest BCUT2D eigenvalue weighted by atomic mass is 16.5. The topological polar surface area (TPSA) is 64.3 Å². The maximum Gasteiger partial charge on any atom is 0.253 e. The molecule has 1 aliphatic rings. The van der Waals surface area contributed by atoms with Crippen LogP contribution in [0.15, 0.2) is 24.3 Å². The van der Waals surface area contributed by atoms with Gasteiger partial charge in [0.2, 0.25) is 0 Å². The lowest BCUT2D eigenvalue weighted by Crippen LogP contribution is -2.33. The number of carbonyl (C=O) groups excluding carboxylic acids is 1. The fraction of sp³-hybridized carbons (Fsp3) is 0.400. The number of hydrogen-bond acceptors (Lipinski definition) is 3. The van der Waals surface area contributed by atoms with E-state index < -0.39 is 0 Å². The number of nitrogens with one attached hydrogen (secondary N) is 1. The first-order chi connectivity index (χ1) is 9.29. The Morgan fingerprint density at radius 3 is 2.79 bits per heavy atom. The SMILES string of the molecule is NCC#Cc1ccc(NC(=O)C2CCCCO2)cc1. The van der Waals surface area contributed by atoms with E-state index in [1.54, 1.807) is 0 Å². The van der Waals surface area contributed by atoms with Crippen LogP contribution in [0.4, 0.5) is 5.69 Å². The molecular formula is C15H18N2O2. The van der Waals surface area contributed by atoms with Crippen LogP contribution < -0.4 is 11.1 Å². The van der Waals surface area contributed by atoms with E-state index in [2.05, 4.69) is 17.2 Å². The van der Waals surface area contributed by atoms with E-state index in [0.29, 0.717) is 13.2 Å². The Morgan fingerprint density at radius 2 is 2.16 bits per heavy atom. The number of nitrogens with two attached hydrogens (primary N) is 1. The molecule has 19 heavy (non-hydrogen) atoms. The molecule has 100 valence electrons. The molecule has 0 radical (unpaired) electrons. The van der Waals surface area contributed by atoms with Gasteiger partial charge < -0.3 is 15.8 Å². The van der Waals surface area contributed by atoms with Crippen molar-refractivity contribution in [2.24, 2.45) is 5.73 Å². The molecule has 0 aromatic heterocycles. The van der Waals surface area contributed by atoms with Gasteiger partial charge in [0.1, 0.15) is 6.10 Å². The first-order valence-electron chi connectivity index (χ1n) is 6.51. The normalized spacial score (nSPS) is 18.3. The molecule has 0 bridgehead atoms. The fourth-order valence-corrected chi connectivity index (χ4v) is 1.96. The molecule has 1 saturated heterocycles. The van der Waals surface area contributed by atoms with Gasteiger partial charge >= 0.3 is 0 Å². The van der Waals surface area contributed by atoms with Crippen LogP contribution in [0.25, 0.3) is 0 Å². The van der Waals surface area contributed by atoms with Crippen molar-refractivity contribution in [3.8, 4) is 11.8 Å². The van der Waals surface area contributed by atoms with Gasteiger partial charge in [-0.1, -0.05) is 11.8 Å². The molecule has 1 unspecified atom stereocenters. The van der Waals surface area contributed by atoms with Gasteiger partial charge in [-0.2, -0.15) is 0 Å². The van der Waals surface area contributed by atoms with E-state index in [4.69, 9.17) is 10.5 Å². The second-order valence-corrected chi connectivity index (χ2v) is 4.43. The zero-order chi connectivity index (χ0) is 13.5. The molecule has 1 heterocycles. The molecule has 0 aliphatic carbocycles. The van der Waals surface area contributed by atoms with E-state index in [9.17, 15) is 4.79 Å². The Morgan fingerprint density at radius 1 is 1.37 bits per heavy atom. The van der Waals surface area contributed by atoms with Crippen molar-refractivity contribution in [1.29, 1.82) is 0 Å². The van der Waals surface area contributed by atoms with E-state index in [0.717, 1.165) is 30.5 Å². The highest BCUT2D eigenvalue weighted by molar-refractivity contribution is 5.94. The van der Waals surface area contributed by atoms with E-state index in [-0.39, 0.29) is 12.0 Å². The Balaban J connectivity index is 1.93. The summed E-state index contributed by atoms with van der Waals surface area (Å²) in [5.74, 6) is 5.65. The molecule has 0 spiro atoms. The van der Waals surface area contributed by atoms with Gasteiger partial charge in [-0.3, -0.25) is 4.79 Å². The lowest BCUT2D eigenvalue weighted by molar-refractivity contribution is -0.129. The summed E-state index contributed by atoms with van der Waals surface area (Å²) >= 11 is 0. The van der Waals surface area contributed by atoms with Crippen molar-refractivity contribution < 1.29 is 9.53 Å². The standard InChI is InChI=1S/C15H18N2O2/c16-10-3-4-12-6-8-13(9-7-12)17-15(18)14-5-1-2-11-19-14/h6-9,14H,1-2,5,10-11,16H2,(H,17,18). The predicted octanol–water partition coefficient (Wildman–Crippen LogP) is 1.50. The molecule has 1 amide bonds. The number of ether oxygens (including phenoxy) is 1. The number of anilines is 1. The van der Waals surface area contributed by atoms with Gasteiger partial charge in [-0.25, -0.2) is 0 Å². The third kappa shape index (κ3) is 4.09. The molecule has 3 N–H and O–H groups in total. The van der Waals surface area contributed by atoms with Crippen LogP contribution in [0.2, 0.25) is 0 Å². The monoisotopic (exact) mass is 258 g/mol. The van der Waals surface area contributed by atoms with Crippen LogP contribution in [0.1, 0.15) is 24.8 Å². The van der Waals surface area contributed by atoms with Crippen molar-refractivity contribution >= 4 is 11.6 Å². The number of amides is 1. The summed E-state index contributed by atoms with van der Waals surface area (Å²) < 4.78 is 5.44. The first-order valence-corrected chi connectivity index (χ1v) is 6.51. The Bertz CT molecular complexity index is 479. The Hall–Kier alpha value is -1.83. The highest BCUT2D eigenvalue weighted by Gasteiger charge is 2.21. The molecule has 1 aromatic carbocycles. The van der Waals surface area contributed by atoms with E-state index in [1.807, 2.05) is 24.3 Å². The predicted molar refractivity (Wildman–Crippen MR) is 74.6 cm³/mol. The van der Waals surface area contributed by atoms with Crippen LogP contribution in [0.3, 0.4) is 0 Å². The molecule has 4 heteroatoms. The maximum absolute atomic E-state index is 11.9. The molecular weight excluding hydrogens is 240 g/mol. The van der Waals surface area contributed by atoms with Crippen LogP contribution in [-0.2, 0) is 9.53 Å². The number of rotatable bonds is 2. The van der Waals surface area contributed by atoms with Gasteiger partial charge in [0.25, 0.3) is 5.91 Å². The first kappa shape index (κ1) is 13.6. The maximum atomic E-state index is 11.9. The third-order valence-electron chi connectivity index (χ3n) is 2.96. The molecule has 4 nitrogen and oxygen atoms in total. The van der Waals surface area contributed by atoms with E-state index in [1.165, 1.54) is 0 Å². The van der Waals surface area contributed by atoms with Crippen LogP contribution in [-0.4, -0.2) is 25.2 Å². The summed E-state index contributed by atoms with van der Waals surface area (Å²) in [5.41, 5.74) is 6.96. The second-order valence-electron chi connectivity index (χ2n) is 4.43. The van der Waals surface area contributed by atoms with Gasteiger partial charge in [0, 0.05) is 17.9 Å². The van der Waals surface area contributed by atoms with Gasteiger partial charge in [-0.05, 0) is 43.5 Å². The second kappa shape index (κ2) is 6.93. The lowest BCUT2D eigenvalue weighted by Gasteiger charge is -2.21. The minimum absolute atomic E-state index is 0.0690. The lowest BCUT2D eigenvalue weighted by atomic mass is 10.1. The van der Waals surface area contributed by atoms with Gasteiger partial charge in [0.05, 0.1) is 6.54 Å². The molecule has 1 aromatic rings. The average Bonchev–Trinajstić information content (AvgIpc) is 2.47.